The highest BCUT2D eigenvalue weighted by atomic mass is 19.1. The summed E-state index contributed by atoms with van der Waals surface area (Å²) in [5, 5.41) is 0. The Morgan fingerprint density at radius 2 is 1.75 bits per heavy atom. The van der Waals surface area contributed by atoms with Gasteiger partial charge in [0.1, 0.15) is 5.82 Å². The predicted molar refractivity (Wildman–Crippen MR) is 76.6 cm³/mol. The van der Waals surface area contributed by atoms with Gasteiger partial charge in [-0.15, -0.1) is 0 Å². The first-order valence-corrected chi connectivity index (χ1v) is 6.36. The van der Waals surface area contributed by atoms with E-state index in [9.17, 15) is 4.39 Å². The Morgan fingerprint density at radius 1 is 1.05 bits per heavy atom. The molecule has 1 unspecified atom stereocenters. The number of methoxy groups -OCH3 is 2. The zero-order chi connectivity index (χ0) is 14.5. The molecule has 2 rings (SSSR count). The standard InChI is InChI=1S/C16H18FNO2/c1-19-15-5-3-4-13(16(15)20-2)14(18)10-11-6-8-12(17)9-7-11/h3-9,14H,10,18H2,1-2H3. The third-order valence-corrected chi connectivity index (χ3v) is 3.20. The average molecular weight is 275 g/mol. The zero-order valence-corrected chi connectivity index (χ0v) is 11.6. The number of benzene rings is 2. The van der Waals surface area contributed by atoms with E-state index in [1.54, 1.807) is 26.4 Å². The van der Waals surface area contributed by atoms with Crippen LogP contribution in [0, 0.1) is 5.82 Å². The molecule has 1 atom stereocenters. The summed E-state index contributed by atoms with van der Waals surface area (Å²) in [6.07, 6.45) is 0.601. The summed E-state index contributed by atoms with van der Waals surface area (Å²) >= 11 is 0. The molecule has 0 saturated carbocycles. The first-order valence-electron chi connectivity index (χ1n) is 6.36. The molecule has 2 aromatic carbocycles. The molecule has 0 saturated heterocycles. The van der Waals surface area contributed by atoms with Gasteiger partial charge in [-0.1, -0.05) is 24.3 Å². The molecule has 0 bridgehead atoms. The lowest BCUT2D eigenvalue weighted by Gasteiger charge is -2.18. The van der Waals surface area contributed by atoms with Crippen molar-refractivity contribution < 1.29 is 13.9 Å². The van der Waals surface area contributed by atoms with Crippen molar-refractivity contribution in [1.29, 1.82) is 0 Å². The average Bonchev–Trinajstić information content (AvgIpc) is 2.48. The van der Waals surface area contributed by atoms with Crippen LogP contribution in [0.15, 0.2) is 42.5 Å². The Labute approximate surface area is 118 Å². The molecule has 0 heterocycles. The Bertz CT molecular complexity index is 569. The molecule has 0 fully saturated rings. The maximum Gasteiger partial charge on any atom is 0.165 e. The van der Waals surface area contributed by atoms with Crippen molar-refractivity contribution in [2.75, 3.05) is 14.2 Å². The van der Waals surface area contributed by atoms with Crippen LogP contribution in [0.4, 0.5) is 4.39 Å². The monoisotopic (exact) mass is 275 g/mol. The summed E-state index contributed by atoms with van der Waals surface area (Å²) in [6, 6.07) is 11.7. The van der Waals surface area contributed by atoms with E-state index < -0.39 is 0 Å². The van der Waals surface area contributed by atoms with Gasteiger partial charge in [0.25, 0.3) is 0 Å². The number of hydrogen-bond donors (Lipinski definition) is 1. The third kappa shape index (κ3) is 3.08. The van der Waals surface area contributed by atoms with E-state index >= 15 is 0 Å². The highest BCUT2D eigenvalue weighted by molar-refractivity contribution is 5.48. The van der Waals surface area contributed by atoms with E-state index in [4.69, 9.17) is 15.2 Å². The summed E-state index contributed by atoms with van der Waals surface area (Å²) in [5.74, 6) is 1.05. The van der Waals surface area contributed by atoms with Gasteiger partial charge in [0.05, 0.1) is 14.2 Å². The highest BCUT2D eigenvalue weighted by Gasteiger charge is 2.16. The molecular formula is C16H18FNO2. The number of rotatable bonds is 5. The van der Waals surface area contributed by atoms with Crippen LogP contribution >= 0.6 is 0 Å². The van der Waals surface area contributed by atoms with E-state index in [0.717, 1.165) is 11.1 Å². The number of halogens is 1. The maximum atomic E-state index is 12.9. The molecular weight excluding hydrogens is 257 g/mol. The van der Waals surface area contributed by atoms with E-state index in [0.29, 0.717) is 17.9 Å². The number of para-hydroxylation sites is 1. The lowest BCUT2D eigenvalue weighted by molar-refractivity contribution is 0.349. The summed E-state index contributed by atoms with van der Waals surface area (Å²) in [4.78, 5) is 0. The molecule has 0 spiro atoms. The Balaban J connectivity index is 2.24. The van der Waals surface area contributed by atoms with Crippen LogP contribution in [-0.2, 0) is 6.42 Å². The number of nitrogens with two attached hydrogens (primary N) is 1. The smallest absolute Gasteiger partial charge is 0.165 e. The molecule has 0 aromatic heterocycles. The first-order chi connectivity index (χ1) is 9.65. The fraction of sp³-hybridized carbons (Fsp3) is 0.250. The van der Waals surface area contributed by atoms with Crippen molar-refractivity contribution in [2.45, 2.75) is 12.5 Å². The summed E-state index contributed by atoms with van der Waals surface area (Å²) in [6.45, 7) is 0. The van der Waals surface area contributed by atoms with Crippen molar-refractivity contribution in [3.63, 3.8) is 0 Å². The van der Waals surface area contributed by atoms with Crippen LogP contribution < -0.4 is 15.2 Å². The van der Waals surface area contributed by atoms with Crippen molar-refractivity contribution in [3.8, 4) is 11.5 Å². The van der Waals surface area contributed by atoms with Gasteiger partial charge in [-0.05, 0) is 30.2 Å². The van der Waals surface area contributed by atoms with E-state index in [2.05, 4.69) is 0 Å². The third-order valence-electron chi connectivity index (χ3n) is 3.20. The second-order valence-electron chi connectivity index (χ2n) is 4.52. The van der Waals surface area contributed by atoms with Crippen LogP contribution in [0.2, 0.25) is 0 Å². The van der Waals surface area contributed by atoms with E-state index in [1.807, 2.05) is 18.2 Å². The van der Waals surface area contributed by atoms with Gasteiger partial charge in [-0.3, -0.25) is 0 Å². The van der Waals surface area contributed by atoms with Gasteiger partial charge in [-0.2, -0.15) is 0 Å². The van der Waals surface area contributed by atoms with Crippen LogP contribution in [-0.4, -0.2) is 14.2 Å². The Morgan fingerprint density at radius 3 is 2.35 bits per heavy atom. The van der Waals surface area contributed by atoms with E-state index in [1.165, 1.54) is 12.1 Å². The van der Waals surface area contributed by atoms with Crippen LogP contribution in [0.3, 0.4) is 0 Å². The lowest BCUT2D eigenvalue weighted by Crippen LogP contribution is -2.14. The lowest BCUT2D eigenvalue weighted by atomic mass is 9.98. The second-order valence-corrected chi connectivity index (χ2v) is 4.52. The predicted octanol–water partition coefficient (Wildman–Crippen LogP) is 3.09. The second kappa shape index (κ2) is 6.39. The topological polar surface area (TPSA) is 44.5 Å². The molecule has 0 aliphatic rings. The van der Waals surface area contributed by atoms with Crippen LogP contribution in [0.5, 0.6) is 11.5 Å². The van der Waals surface area contributed by atoms with Crippen molar-refractivity contribution in [3.05, 3.63) is 59.4 Å². The normalized spacial score (nSPS) is 12.0. The fourth-order valence-corrected chi connectivity index (χ4v) is 2.19. The molecule has 2 aromatic rings. The van der Waals surface area contributed by atoms with Crippen molar-refractivity contribution >= 4 is 0 Å². The largest absolute Gasteiger partial charge is 0.493 e. The van der Waals surface area contributed by atoms with Crippen LogP contribution in [0.1, 0.15) is 17.2 Å². The minimum absolute atomic E-state index is 0.245. The molecule has 4 heteroatoms. The number of hydrogen-bond acceptors (Lipinski definition) is 3. The summed E-state index contributed by atoms with van der Waals surface area (Å²) in [5.41, 5.74) is 8.08. The minimum Gasteiger partial charge on any atom is -0.493 e. The Hall–Kier alpha value is -2.07. The van der Waals surface area contributed by atoms with Crippen molar-refractivity contribution in [2.24, 2.45) is 5.73 Å². The maximum absolute atomic E-state index is 12.9. The van der Waals surface area contributed by atoms with Gasteiger partial charge < -0.3 is 15.2 Å². The molecule has 0 aliphatic heterocycles. The molecule has 0 radical (unpaired) electrons. The fourth-order valence-electron chi connectivity index (χ4n) is 2.19. The quantitative estimate of drug-likeness (QED) is 0.912. The Kier molecular flexibility index (Phi) is 4.58. The number of ether oxygens (including phenoxy) is 2. The first kappa shape index (κ1) is 14.3. The van der Waals surface area contributed by atoms with Crippen molar-refractivity contribution in [1.82, 2.24) is 0 Å². The molecule has 3 nitrogen and oxygen atoms in total. The van der Waals surface area contributed by atoms with Crippen LogP contribution in [0.25, 0.3) is 0 Å². The molecule has 20 heavy (non-hydrogen) atoms. The van der Waals surface area contributed by atoms with Gasteiger partial charge in [0.15, 0.2) is 11.5 Å². The van der Waals surface area contributed by atoms with Gasteiger partial charge in [0.2, 0.25) is 0 Å². The van der Waals surface area contributed by atoms with E-state index in [-0.39, 0.29) is 11.9 Å². The van der Waals surface area contributed by atoms with Gasteiger partial charge in [0, 0.05) is 11.6 Å². The SMILES string of the molecule is COc1cccc(C(N)Cc2ccc(F)cc2)c1OC. The highest BCUT2D eigenvalue weighted by Crippen LogP contribution is 2.34. The summed E-state index contributed by atoms with van der Waals surface area (Å²) in [7, 11) is 3.18. The minimum atomic E-state index is -0.249. The van der Waals surface area contributed by atoms with Gasteiger partial charge >= 0.3 is 0 Å². The zero-order valence-electron chi connectivity index (χ0n) is 11.6. The molecule has 106 valence electrons. The van der Waals surface area contributed by atoms with Gasteiger partial charge in [-0.25, -0.2) is 4.39 Å². The molecule has 0 amide bonds. The molecule has 0 aliphatic carbocycles. The summed E-state index contributed by atoms with van der Waals surface area (Å²) < 4.78 is 23.5. The molecule has 2 N–H and O–H groups in total.